The summed E-state index contributed by atoms with van der Waals surface area (Å²) >= 11 is 0. The molecule has 8 heteroatoms. The van der Waals surface area contributed by atoms with Crippen molar-refractivity contribution in [3.05, 3.63) is 71.3 Å². The SMILES string of the molecule is C=CCON=C(C)c1ccc(C)c(OCc2c(C)cccc2N2NNN(C)C2=O)c1. The molecule has 0 radical (unpaired) electrons. The molecule has 0 aromatic heterocycles. The van der Waals surface area contributed by atoms with Crippen LogP contribution in [-0.2, 0) is 11.4 Å². The summed E-state index contributed by atoms with van der Waals surface area (Å²) < 4.78 is 6.17. The van der Waals surface area contributed by atoms with Gasteiger partial charge in [-0.1, -0.05) is 42.1 Å². The van der Waals surface area contributed by atoms with Crippen molar-refractivity contribution in [2.75, 3.05) is 18.7 Å². The first-order valence-corrected chi connectivity index (χ1v) is 9.61. The predicted octanol–water partition coefficient (Wildman–Crippen LogP) is 3.61. The number of carbonyl (C=O) groups is 1. The fourth-order valence-corrected chi connectivity index (χ4v) is 2.99. The number of aryl methyl sites for hydroxylation is 2. The Balaban J connectivity index is 1.82. The maximum absolute atomic E-state index is 12.4. The zero-order valence-electron chi connectivity index (χ0n) is 17.7. The van der Waals surface area contributed by atoms with Crippen LogP contribution in [0.1, 0.15) is 29.2 Å². The van der Waals surface area contributed by atoms with Gasteiger partial charge >= 0.3 is 6.03 Å². The molecule has 1 fully saturated rings. The van der Waals surface area contributed by atoms with E-state index in [2.05, 4.69) is 22.8 Å². The molecule has 0 atom stereocenters. The minimum atomic E-state index is -0.202. The van der Waals surface area contributed by atoms with Crippen LogP contribution >= 0.6 is 0 Å². The van der Waals surface area contributed by atoms with Gasteiger partial charge in [0.2, 0.25) is 0 Å². The lowest BCUT2D eigenvalue weighted by Crippen LogP contribution is -2.38. The second kappa shape index (κ2) is 9.43. The van der Waals surface area contributed by atoms with Crippen molar-refractivity contribution in [2.24, 2.45) is 5.16 Å². The Kier molecular flexibility index (Phi) is 6.71. The highest BCUT2D eigenvalue weighted by Gasteiger charge is 2.28. The third-order valence-electron chi connectivity index (χ3n) is 4.81. The molecule has 0 saturated carbocycles. The molecule has 0 spiro atoms. The van der Waals surface area contributed by atoms with E-state index in [0.717, 1.165) is 39.4 Å². The average Bonchev–Trinajstić information content (AvgIpc) is 3.06. The number of hydrazine groups is 3. The van der Waals surface area contributed by atoms with Crippen LogP contribution in [0.5, 0.6) is 5.75 Å². The van der Waals surface area contributed by atoms with Crippen molar-refractivity contribution in [1.82, 2.24) is 16.1 Å². The predicted molar refractivity (Wildman–Crippen MR) is 117 cm³/mol. The molecule has 2 N–H and O–H groups in total. The molecule has 2 aromatic rings. The Bertz CT molecular complexity index is 973. The topological polar surface area (TPSA) is 78.4 Å². The van der Waals surface area contributed by atoms with E-state index in [-0.39, 0.29) is 6.03 Å². The van der Waals surface area contributed by atoms with Crippen LogP contribution in [-0.4, -0.2) is 30.4 Å². The molecular formula is C22H27N5O3. The summed E-state index contributed by atoms with van der Waals surface area (Å²) in [4.78, 5) is 17.6. The number of amides is 2. The molecule has 1 saturated heterocycles. The molecule has 0 unspecified atom stereocenters. The van der Waals surface area contributed by atoms with Crippen molar-refractivity contribution in [3.8, 4) is 5.75 Å². The van der Waals surface area contributed by atoms with Crippen molar-refractivity contribution in [1.29, 1.82) is 0 Å². The minimum absolute atomic E-state index is 0.202. The van der Waals surface area contributed by atoms with E-state index in [4.69, 9.17) is 9.57 Å². The zero-order chi connectivity index (χ0) is 21.7. The smallest absolute Gasteiger partial charge is 0.355 e. The maximum atomic E-state index is 12.4. The molecule has 2 amide bonds. The molecule has 1 aliphatic heterocycles. The largest absolute Gasteiger partial charge is 0.489 e. The number of oxime groups is 1. The van der Waals surface area contributed by atoms with E-state index in [9.17, 15) is 4.79 Å². The summed E-state index contributed by atoms with van der Waals surface area (Å²) in [5.74, 6) is 0.746. The average molecular weight is 409 g/mol. The van der Waals surface area contributed by atoms with Gasteiger partial charge in [0.25, 0.3) is 0 Å². The first kappa shape index (κ1) is 21.4. The number of hydrogen-bond donors (Lipinski definition) is 2. The number of benzene rings is 2. The van der Waals surface area contributed by atoms with E-state index >= 15 is 0 Å². The maximum Gasteiger partial charge on any atom is 0.355 e. The van der Waals surface area contributed by atoms with Crippen LogP contribution < -0.4 is 20.8 Å². The molecule has 0 aliphatic carbocycles. The van der Waals surface area contributed by atoms with E-state index in [1.165, 1.54) is 10.0 Å². The Labute approximate surface area is 176 Å². The van der Waals surface area contributed by atoms with Gasteiger partial charge in [0, 0.05) is 18.2 Å². The van der Waals surface area contributed by atoms with Gasteiger partial charge in [-0.05, 0) is 44.0 Å². The molecule has 1 heterocycles. The highest BCUT2D eigenvalue weighted by Crippen LogP contribution is 2.28. The van der Waals surface area contributed by atoms with Crippen LogP contribution in [0.25, 0.3) is 0 Å². The standard InChI is InChI=1S/C22H27N5O3/c1-6-12-30-23-17(4)18-11-10-16(3)21(13-18)29-14-19-15(2)8-7-9-20(19)27-22(28)26(5)24-25-27/h6-11,13,24-25H,1,12,14H2,2-5H3. The minimum Gasteiger partial charge on any atom is -0.489 e. The third kappa shape index (κ3) is 4.61. The number of urea groups is 1. The van der Waals surface area contributed by atoms with Gasteiger partial charge in [0.1, 0.15) is 19.0 Å². The van der Waals surface area contributed by atoms with Crippen molar-refractivity contribution >= 4 is 17.4 Å². The van der Waals surface area contributed by atoms with Gasteiger partial charge in [0.05, 0.1) is 11.4 Å². The lowest BCUT2D eigenvalue weighted by Gasteiger charge is -2.20. The highest BCUT2D eigenvalue weighted by atomic mass is 16.6. The van der Waals surface area contributed by atoms with Crippen molar-refractivity contribution in [3.63, 3.8) is 0 Å². The molecule has 30 heavy (non-hydrogen) atoms. The second-order valence-corrected chi connectivity index (χ2v) is 7.00. The summed E-state index contributed by atoms with van der Waals surface area (Å²) in [5.41, 5.74) is 11.0. The van der Waals surface area contributed by atoms with Gasteiger partial charge in [-0.15, -0.1) is 11.1 Å². The lowest BCUT2D eigenvalue weighted by atomic mass is 10.1. The second-order valence-electron chi connectivity index (χ2n) is 7.00. The fraction of sp³-hybridized carbons (Fsp3) is 0.273. The van der Waals surface area contributed by atoms with Gasteiger partial charge in [-0.3, -0.25) is 0 Å². The molecule has 1 aliphatic rings. The zero-order valence-corrected chi connectivity index (χ0v) is 17.7. The first-order chi connectivity index (χ1) is 14.4. The van der Waals surface area contributed by atoms with Gasteiger partial charge in [0.15, 0.2) is 0 Å². The molecule has 0 bridgehead atoms. The Hall–Kier alpha value is -3.36. The lowest BCUT2D eigenvalue weighted by molar-refractivity contribution is 0.175. The van der Waals surface area contributed by atoms with E-state index in [1.807, 2.05) is 57.2 Å². The summed E-state index contributed by atoms with van der Waals surface area (Å²) in [5, 5.41) is 6.93. The Morgan fingerprint density at radius 1 is 1.20 bits per heavy atom. The normalized spacial score (nSPS) is 14.3. The highest BCUT2D eigenvalue weighted by molar-refractivity contribution is 5.98. The monoisotopic (exact) mass is 409 g/mol. The van der Waals surface area contributed by atoms with Gasteiger partial charge in [-0.2, -0.15) is 0 Å². The third-order valence-corrected chi connectivity index (χ3v) is 4.81. The molecule has 8 nitrogen and oxygen atoms in total. The summed E-state index contributed by atoms with van der Waals surface area (Å²) in [6.07, 6.45) is 1.65. The van der Waals surface area contributed by atoms with Crippen LogP contribution in [0.4, 0.5) is 10.5 Å². The Morgan fingerprint density at radius 3 is 2.70 bits per heavy atom. The number of rotatable bonds is 8. The number of nitrogens with one attached hydrogen (secondary N) is 2. The molecule has 3 rings (SSSR count). The van der Waals surface area contributed by atoms with Crippen LogP contribution in [0.3, 0.4) is 0 Å². The Morgan fingerprint density at radius 2 is 2.00 bits per heavy atom. The quantitative estimate of drug-likeness (QED) is 0.301. The van der Waals surface area contributed by atoms with Gasteiger partial charge in [-0.25, -0.2) is 14.8 Å². The van der Waals surface area contributed by atoms with Crippen LogP contribution in [0.2, 0.25) is 0 Å². The van der Waals surface area contributed by atoms with Crippen molar-refractivity contribution < 1.29 is 14.4 Å². The molecule has 2 aromatic carbocycles. The van der Waals surface area contributed by atoms with E-state index in [0.29, 0.717) is 13.2 Å². The summed E-state index contributed by atoms with van der Waals surface area (Å²) in [7, 11) is 1.65. The van der Waals surface area contributed by atoms with E-state index in [1.54, 1.807) is 13.1 Å². The summed E-state index contributed by atoms with van der Waals surface area (Å²) in [6.45, 7) is 10.1. The molecule has 158 valence electrons. The van der Waals surface area contributed by atoms with Crippen LogP contribution in [0, 0.1) is 13.8 Å². The fourth-order valence-electron chi connectivity index (χ4n) is 2.99. The van der Waals surface area contributed by atoms with Gasteiger partial charge < -0.3 is 9.57 Å². The van der Waals surface area contributed by atoms with Crippen molar-refractivity contribution in [2.45, 2.75) is 27.4 Å². The molecular weight excluding hydrogens is 382 g/mol. The number of hydrogen-bond acceptors (Lipinski definition) is 6. The number of nitrogens with zero attached hydrogens (tertiary/aromatic N) is 3. The number of anilines is 1. The number of ether oxygens (including phenoxy) is 1. The number of carbonyl (C=O) groups excluding carboxylic acids is 1. The van der Waals surface area contributed by atoms with Crippen LogP contribution in [0.15, 0.2) is 54.2 Å². The van der Waals surface area contributed by atoms with E-state index < -0.39 is 0 Å². The summed E-state index contributed by atoms with van der Waals surface area (Å²) in [6, 6.07) is 11.5. The first-order valence-electron chi connectivity index (χ1n) is 9.61.